The molecule has 0 spiro atoms. The minimum atomic E-state index is 0.0492. The van der Waals surface area contributed by atoms with Gasteiger partial charge in [0.1, 0.15) is 0 Å². The molecule has 0 radical (unpaired) electrons. The van der Waals surface area contributed by atoms with E-state index in [1.807, 2.05) is 6.92 Å². The van der Waals surface area contributed by atoms with Crippen LogP contribution < -0.4 is 5.73 Å². The molecule has 0 aliphatic carbocycles. The molecule has 1 fully saturated rings. The molecule has 3 N–H and O–H groups in total. The molecule has 1 saturated heterocycles. The second kappa shape index (κ2) is 5.20. The van der Waals surface area contributed by atoms with Crippen LogP contribution in [0.3, 0.4) is 0 Å². The lowest BCUT2D eigenvalue weighted by Crippen LogP contribution is -2.47. The summed E-state index contributed by atoms with van der Waals surface area (Å²) in [5.74, 6) is 0.318. The van der Waals surface area contributed by atoms with Crippen molar-refractivity contribution in [2.75, 3.05) is 6.54 Å². The maximum Gasteiger partial charge on any atom is 0.156 e. The van der Waals surface area contributed by atoms with Gasteiger partial charge < -0.3 is 10.9 Å². The maximum absolute atomic E-state index is 8.63. The molecule has 0 aromatic heterocycles. The van der Waals surface area contributed by atoms with Gasteiger partial charge in [-0.1, -0.05) is 18.0 Å². The third kappa shape index (κ3) is 2.61. The number of oxime groups is 1. The molecule has 1 rings (SSSR count). The van der Waals surface area contributed by atoms with Crippen molar-refractivity contribution in [3.05, 3.63) is 0 Å². The summed E-state index contributed by atoms with van der Waals surface area (Å²) in [4.78, 5) is 2.32. The second-order valence-corrected chi connectivity index (χ2v) is 4.14. The quantitative estimate of drug-likeness (QED) is 0.306. The van der Waals surface area contributed by atoms with E-state index in [9.17, 15) is 0 Å². The van der Waals surface area contributed by atoms with Crippen LogP contribution in [0.2, 0.25) is 0 Å². The molecule has 1 heterocycles. The first-order valence-electron chi connectivity index (χ1n) is 5.40. The SMILES string of the molecule is CC1CCCCCN1C(C)C(N)=NO. The van der Waals surface area contributed by atoms with Crippen molar-refractivity contribution in [3.63, 3.8) is 0 Å². The highest BCUT2D eigenvalue weighted by Gasteiger charge is 2.24. The highest BCUT2D eigenvalue weighted by molar-refractivity contribution is 5.84. The van der Waals surface area contributed by atoms with Gasteiger partial charge in [0, 0.05) is 6.04 Å². The monoisotopic (exact) mass is 199 g/mol. The van der Waals surface area contributed by atoms with Gasteiger partial charge in [-0.05, 0) is 33.2 Å². The van der Waals surface area contributed by atoms with E-state index in [-0.39, 0.29) is 6.04 Å². The molecule has 0 amide bonds. The lowest BCUT2D eigenvalue weighted by Gasteiger charge is -2.32. The largest absolute Gasteiger partial charge is 0.409 e. The van der Waals surface area contributed by atoms with Crippen molar-refractivity contribution in [3.8, 4) is 0 Å². The van der Waals surface area contributed by atoms with Crippen molar-refractivity contribution in [1.82, 2.24) is 4.90 Å². The zero-order valence-corrected chi connectivity index (χ0v) is 9.11. The number of rotatable bonds is 2. The van der Waals surface area contributed by atoms with Crippen LogP contribution in [0.25, 0.3) is 0 Å². The highest BCUT2D eigenvalue weighted by atomic mass is 16.4. The fraction of sp³-hybridized carbons (Fsp3) is 0.900. The summed E-state index contributed by atoms with van der Waals surface area (Å²) < 4.78 is 0. The van der Waals surface area contributed by atoms with Gasteiger partial charge >= 0.3 is 0 Å². The van der Waals surface area contributed by atoms with Crippen LogP contribution in [0.5, 0.6) is 0 Å². The van der Waals surface area contributed by atoms with Crippen LogP contribution in [0.1, 0.15) is 39.5 Å². The standard InChI is InChI=1S/C10H21N3O/c1-8-6-4-3-5-7-13(8)9(2)10(11)12-14/h8-9,14H,3-7H2,1-2H3,(H2,11,12). The molecule has 2 unspecified atom stereocenters. The lowest BCUT2D eigenvalue weighted by molar-refractivity contribution is 0.190. The molecular weight excluding hydrogens is 178 g/mol. The highest BCUT2D eigenvalue weighted by Crippen LogP contribution is 2.18. The molecule has 0 aromatic carbocycles. The van der Waals surface area contributed by atoms with Crippen LogP contribution in [0.4, 0.5) is 0 Å². The van der Waals surface area contributed by atoms with E-state index in [4.69, 9.17) is 10.9 Å². The molecule has 2 atom stereocenters. The van der Waals surface area contributed by atoms with Crippen molar-refractivity contribution >= 4 is 5.84 Å². The zero-order valence-electron chi connectivity index (χ0n) is 9.11. The fourth-order valence-electron chi connectivity index (χ4n) is 2.13. The molecule has 0 saturated carbocycles. The first kappa shape index (κ1) is 11.3. The minimum absolute atomic E-state index is 0.0492. The van der Waals surface area contributed by atoms with E-state index in [0.29, 0.717) is 11.9 Å². The molecule has 0 bridgehead atoms. The van der Waals surface area contributed by atoms with Gasteiger partial charge in [-0.3, -0.25) is 4.90 Å². The van der Waals surface area contributed by atoms with Gasteiger partial charge in [0.25, 0.3) is 0 Å². The smallest absolute Gasteiger partial charge is 0.156 e. The van der Waals surface area contributed by atoms with Gasteiger partial charge in [-0.25, -0.2) is 0 Å². The molecule has 1 aliphatic rings. The summed E-state index contributed by atoms with van der Waals surface area (Å²) >= 11 is 0. The summed E-state index contributed by atoms with van der Waals surface area (Å²) in [5, 5.41) is 11.7. The van der Waals surface area contributed by atoms with E-state index in [1.165, 1.54) is 25.7 Å². The summed E-state index contributed by atoms with van der Waals surface area (Å²) in [7, 11) is 0. The number of nitrogens with zero attached hydrogens (tertiary/aromatic N) is 2. The Morgan fingerprint density at radius 3 is 2.86 bits per heavy atom. The van der Waals surface area contributed by atoms with Crippen LogP contribution in [0, 0.1) is 0 Å². The van der Waals surface area contributed by atoms with Gasteiger partial charge in [0.15, 0.2) is 5.84 Å². The fourth-order valence-corrected chi connectivity index (χ4v) is 2.13. The van der Waals surface area contributed by atoms with Gasteiger partial charge in [0.05, 0.1) is 6.04 Å². The predicted molar refractivity (Wildman–Crippen MR) is 57.5 cm³/mol. The van der Waals surface area contributed by atoms with Crippen molar-refractivity contribution in [1.29, 1.82) is 0 Å². The average Bonchev–Trinajstić information content (AvgIpc) is 2.40. The first-order chi connectivity index (χ1) is 6.66. The Balaban J connectivity index is 2.63. The third-order valence-corrected chi connectivity index (χ3v) is 3.15. The number of hydrogen-bond donors (Lipinski definition) is 2. The van der Waals surface area contributed by atoms with Crippen LogP contribution in [-0.2, 0) is 0 Å². The summed E-state index contributed by atoms with van der Waals surface area (Å²) in [6, 6.07) is 0.584. The Kier molecular flexibility index (Phi) is 4.20. The van der Waals surface area contributed by atoms with Crippen molar-refractivity contribution in [2.24, 2.45) is 10.9 Å². The van der Waals surface area contributed by atoms with E-state index >= 15 is 0 Å². The van der Waals surface area contributed by atoms with Gasteiger partial charge in [-0.15, -0.1) is 0 Å². The van der Waals surface area contributed by atoms with E-state index in [0.717, 1.165) is 6.54 Å². The van der Waals surface area contributed by atoms with Crippen molar-refractivity contribution < 1.29 is 5.21 Å². The molecular formula is C10H21N3O. The average molecular weight is 199 g/mol. The normalized spacial score (nSPS) is 28.4. The Labute approximate surface area is 85.8 Å². The summed E-state index contributed by atoms with van der Waals surface area (Å²) in [5.41, 5.74) is 5.62. The Hall–Kier alpha value is -0.770. The minimum Gasteiger partial charge on any atom is -0.409 e. The molecule has 0 aromatic rings. The number of hydrogen-bond acceptors (Lipinski definition) is 3. The number of nitrogens with two attached hydrogens (primary N) is 1. The first-order valence-corrected chi connectivity index (χ1v) is 5.40. The Morgan fingerprint density at radius 1 is 1.50 bits per heavy atom. The Morgan fingerprint density at radius 2 is 2.21 bits per heavy atom. The zero-order chi connectivity index (χ0) is 10.6. The van der Waals surface area contributed by atoms with Gasteiger partial charge in [-0.2, -0.15) is 0 Å². The predicted octanol–water partition coefficient (Wildman–Crippen LogP) is 1.39. The van der Waals surface area contributed by atoms with E-state index < -0.39 is 0 Å². The molecule has 82 valence electrons. The summed E-state index contributed by atoms with van der Waals surface area (Å²) in [6.07, 6.45) is 5.01. The topological polar surface area (TPSA) is 61.8 Å². The van der Waals surface area contributed by atoms with Gasteiger partial charge in [0.2, 0.25) is 0 Å². The molecule has 4 nitrogen and oxygen atoms in total. The van der Waals surface area contributed by atoms with Crippen LogP contribution >= 0.6 is 0 Å². The van der Waals surface area contributed by atoms with Crippen LogP contribution in [0.15, 0.2) is 5.16 Å². The molecule has 1 aliphatic heterocycles. The Bertz CT molecular complexity index is 206. The maximum atomic E-state index is 8.63. The number of likely N-dealkylation sites (tertiary alicyclic amines) is 1. The van der Waals surface area contributed by atoms with Crippen LogP contribution in [-0.4, -0.2) is 34.6 Å². The van der Waals surface area contributed by atoms with E-state index in [1.54, 1.807) is 0 Å². The third-order valence-electron chi connectivity index (χ3n) is 3.15. The van der Waals surface area contributed by atoms with Crippen molar-refractivity contribution in [2.45, 2.75) is 51.6 Å². The van der Waals surface area contributed by atoms with E-state index in [2.05, 4.69) is 17.0 Å². The number of amidine groups is 1. The molecule has 4 heteroatoms. The summed E-state index contributed by atoms with van der Waals surface area (Å²) in [6.45, 7) is 5.27. The second-order valence-electron chi connectivity index (χ2n) is 4.14. The molecule has 14 heavy (non-hydrogen) atoms. The lowest BCUT2D eigenvalue weighted by atomic mass is 10.1.